The number of thiazole rings is 4. The topological polar surface area (TPSA) is 171 Å². The molecule has 0 saturated heterocycles. The van der Waals surface area contributed by atoms with Crippen molar-refractivity contribution in [1.82, 2.24) is 34.9 Å². The second kappa shape index (κ2) is 31.9. The first kappa shape index (κ1) is 73.5. The summed E-state index contributed by atoms with van der Waals surface area (Å²) in [6, 6.07) is 124. The molecular formula is C100H67BeN7O4S4. The molecule has 2 aliphatic rings. The number of hydrogen-bond donors (Lipinski definition) is 4. The number of nitrogens with zero attached hydrogens (tertiary/aromatic N) is 7. The summed E-state index contributed by atoms with van der Waals surface area (Å²) in [6.45, 7) is 0. The number of phenolic OH excluding ortho intramolecular Hbond substituents is 4. The standard InChI is InChI=1S/C40H25N3.2C17H11NOS.2C13H9NOS.Be.2H/c1-3-13-26(14-4-1)37-41-38(27-15-5-2-6-16-27)43-39(42-37)28-23-24-32-31-19-9-12-22-35(31)40(36(32)25-28)33-20-10-7-17-29(33)30-18-8-11-21-34(30)40;2*19-16-12-6-2-1-5-11(12)9-10-13(16)17-18-14-7-3-4-8-15(14)20-17;2*15-11-7-3-1-5-9(11)13-14-10-6-2-4-8-12(10)16-13;;;/h1-25H;2*1-10,19H;2*1-8,15H;;;/q;;;;;+2;2*-1. The van der Waals surface area contributed by atoms with Gasteiger partial charge in [0, 0.05) is 27.5 Å². The van der Waals surface area contributed by atoms with Gasteiger partial charge in [-0.25, -0.2) is 34.9 Å². The van der Waals surface area contributed by atoms with E-state index in [0.29, 0.717) is 29.0 Å². The number of benzene rings is 16. The molecule has 23 rings (SSSR count). The van der Waals surface area contributed by atoms with Gasteiger partial charge in [0.15, 0.2) is 17.5 Å². The van der Waals surface area contributed by atoms with Crippen molar-refractivity contribution < 1.29 is 23.3 Å². The summed E-state index contributed by atoms with van der Waals surface area (Å²) in [6.07, 6.45) is 0. The molecule has 2 aliphatic carbocycles. The van der Waals surface area contributed by atoms with Crippen LogP contribution in [-0.2, 0) is 5.41 Å². The predicted octanol–water partition coefficient (Wildman–Crippen LogP) is 26.0. The summed E-state index contributed by atoms with van der Waals surface area (Å²) in [5.41, 5.74) is 19.9. The molecule has 552 valence electrons. The Morgan fingerprint density at radius 2 is 0.509 bits per heavy atom. The molecule has 16 aromatic carbocycles. The van der Waals surface area contributed by atoms with Crippen LogP contribution in [0.5, 0.6) is 23.0 Å². The van der Waals surface area contributed by atoms with E-state index in [0.717, 1.165) is 121 Å². The van der Waals surface area contributed by atoms with Gasteiger partial charge < -0.3 is 23.3 Å². The molecule has 0 unspecified atom stereocenters. The maximum atomic E-state index is 10.5. The maximum Gasteiger partial charge on any atom is 2.00 e. The van der Waals surface area contributed by atoms with E-state index in [1.807, 2.05) is 231 Å². The minimum absolute atomic E-state index is 0. The van der Waals surface area contributed by atoms with Crippen molar-refractivity contribution in [1.29, 1.82) is 0 Å². The van der Waals surface area contributed by atoms with Crippen LogP contribution in [0.1, 0.15) is 25.1 Å². The normalized spacial score (nSPS) is 11.8. The number of fused-ring (bicyclic) bond motifs is 16. The molecule has 0 atom stereocenters. The van der Waals surface area contributed by atoms with E-state index in [4.69, 9.17) is 15.0 Å². The van der Waals surface area contributed by atoms with Crippen LogP contribution >= 0.6 is 45.3 Å². The second-order valence-corrected chi connectivity index (χ2v) is 31.7. The zero-order chi connectivity index (χ0) is 77.4. The van der Waals surface area contributed by atoms with Crippen LogP contribution in [0.3, 0.4) is 0 Å². The van der Waals surface area contributed by atoms with Gasteiger partial charge in [0.05, 0.1) is 68.5 Å². The van der Waals surface area contributed by atoms with E-state index in [1.165, 1.54) is 44.5 Å². The Morgan fingerprint density at radius 3 is 0.879 bits per heavy atom. The second-order valence-electron chi connectivity index (χ2n) is 27.5. The van der Waals surface area contributed by atoms with E-state index < -0.39 is 5.41 Å². The molecule has 21 aromatic rings. The Bertz CT molecular complexity index is 6720. The number of phenols is 4. The van der Waals surface area contributed by atoms with Crippen LogP contribution in [0.25, 0.3) is 161 Å². The Morgan fingerprint density at radius 1 is 0.224 bits per heavy atom. The fourth-order valence-electron chi connectivity index (χ4n) is 15.3. The largest absolute Gasteiger partial charge is 2.00 e. The van der Waals surface area contributed by atoms with Crippen molar-refractivity contribution in [3.8, 4) is 122 Å². The van der Waals surface area contributed by atoms with Gasteiger partial charge in [0.25, 0.3) is 0 Å². The van der Waals surface area contributed by atoms with Gasteiger partial charge >= 0.3 is 10.1 Å². The molecule has 0 radical (unpaired) electrons. The summed E-state index contributed by atoms with van der Waals surface area (Å²) < 4.78 is 4.55. The van der Waals surface area contributed by atoms with Crippen molar-refractivity contribution in [2.45, 2.75) is 5.41 Å². The van der Waals surface area contributed by atoms with Crippen molar-refractivity contribution in [2.24, 2.45) is 0 Å². The van der Waals surface area contributed by atoms with E-state index in [2.05, 4.69) is 147 Å². The third-order valence-corrected chi connectivity index (χ3v) is 24.9. The molecule has 0 aliphatic heterocycles. The SMILES string of the molecule is Oc1c(-c2nc3ccccc3s2)ccc2ccccc12.Oc1c(-c2nc3ccccc3s2)ccc2ccccc12.Oc1ccccc1-c1nc2ccccc2s1.Oc1ccccc1-c1nc2ccccc2s1.[Be+2].[H-].[H-].c1ccc(-c2nc(-c3ccccc3)nc(-c3ccc4c(c3)C3(c5ccccc5-c5ccccc53)c3ccccc3-4)n2)cc1. The van der Waals surface area contributed by atoms with E-state index in [9.17, 15) is 20.4 Å². The van der Waals surface area contributed by atoms with Crippen LogP contribution < -0.4 is 0 Å². The molecule has 16 heteroatoms. The number of aromatic nitrogens is 7. The minimum Gasteiger partial charge on any atom is -1.00 e. The van der Waals surface area contributed by atoms with Crippen LogP contribution in [0.15, 0.2) is 370 Å². The molecule has 5 heterocycles. The fraction of sp³-hybridized carbons (Fsp3) is 0.0100. The molecule has 0 amide bonds. The van der Waals surface area contributed by atoms with Crippen LogP contribution in [0.2, 0.25) is 0 Å². The summed E-state index contributed by atoms with van der Waals surface area (Å²) in [4.78, 5) is 33.2. The van der Waals surface area contributed by atoms with E-state index >= 15 is 0 Å². The van der Waals surface area contributed by atoms with Gasteiger partial charge in [-0.2, -0.15) is 0 Å². The number of aromatic hydroxyl groups is 4. The van der Waals surface area contributed by atoms with E-state index in [-0.39, 0.29) is 24.5 Å². The summed E-state index contributed by atoms with van der Waals surface area (Å²) >= 11 is 6.39. The van der Waals surface area contributed by atoms with Gasteiger partial charge in [-0.15, -0.1) is 45.3 Å². The average molecular weight is 1570 g/mol. The molecule has 116 heavy (non-hydrogen) atoms. The first-order chi connectivity index (χ1) is 56.7. The summed E-state index contributed by atoms with van der Waals surface area (Å²) in [5.74, 6) is 3.17. The van der Waals surface area contributed by atoms with Crippen molar-refractivity contribution in [3.05, 3.63) is 392 Å². The number of hydrogen-bond acceptors (Lipinski definition) is 15. The monoisotopic (exact) mass is 1570 g/mol. The van der Waals surface area contributed by atoms with Gasteiger partial charge in [-0.3, -0.25) is 0 Å². The Kier molecular flexibility index (Phi) is 20.2. The number of para-hydroxylation sites is 6. The zero-order valence-corrected chi connectivity index (χ0v) is 65.2. The van der Waals surface area contributed by atoms with Gasteiger partial charge in [0.1, 0.15) is 43.0 Å². The average Bonchev–Trinajstić information content (AvgIpc) is 1.51. The molecule has 0 fully saturated rings. The smallest absolute Gasteiger partial charge is 1.00 e. The van der Waals surface area contributed by atoms with Crippen molar-refractivity contribution in [3.63, 3.8) is 0 Å². The van der Waals surface area contributed by atoms with Gasteiger partial charge in [-0.1, -0.05) is 279 Å². The molecule has 0 bridgehead atoms. The first-order valence-electron chi connectivity index (χ1n) is 37.4. The van der Waals surface area contributed by atoms with E-state index in [1.54, 1.807) is 57.5 Å². The Labute approximate surface area is 690 Å². The van der Waals surface area contributed by atoms with Crippen LogP contribution in [-0.4, -0.2) is 65.4 Å². The first-order valence-corrected chi connectivity index (χ1v) is 40.7. The van der Waals surface area contributed by atoms with Crippen LogP contribution in [0.4, 0.5) is 0 Å². The van der Waals surface area contributed by atoms with Crippen molar-refractivity contribution in [2.75, 3.05) is 0 Å². The third kappa shape index (κ3) is 13.8. The fourth-order valence-corrected chi connectivity index (χ4v) is 19.3. The number of rotatable bonds is 7. The van der Waals surface area contributed by atoms with Crippen molar-refractivity contribution >= 4 is 118 Å². The maximum absolute atomic E-state index is 10.5. The summed E-state index contributed by atoms with van der Waals surface area (Å²) in [5, 5.41) is 47.7. The quantitative estimate of drug-likeness (QED) is 0.112. The Hall–Kier alpha value is -14.0. The molecule has 11 nitrogen and oxygen atoms in total. The third-order valence-electron chi connectivity index (χ3n) is 20.7. The molecule has 5 aromatic heterocycles. The van der Waals surface area contributed by atoms with Gasteiger partial charge in [-0.05, 0) is 146 Å². The van der Waals surface area contributed by atoms with Gasteiger partial charge in [0.2, 0.25) is 0 Å². The molecular weight excluding hydrogens is 1500 g/mol. The predicted molar refractivity (Wildman–Crippen MR) is 482 cm³/mol. The summed E-state index contributed by atoms with van der Waals surface area (Å²) in [7, 11) is 0. The minimum atomic E-state index is -0.410. The Balaban J connectivity index is 0.000000118. The zero-order valence-electron chi connectivity index (χ0n) is 64.0. The molecule has 4 N–H and O–H groups in total. The molecule has 0 saturated carbocycles. The molecule has 1 spiro atoms. The van der Waals surface area contributed by atoms with Crippen LogP contribution in [0, 0.1) is 0 Å².